The molecule has 1 amide bonds. The standard InChI is InChI=1S/C22H27NO7/c1-12-16(10-19(24)23-11-13-4-6-14(7-5-13)21(25)26)22(27)30-18-9-15(28-2)8-17(29-3)20(12)18/h8-9,13-14H,4-7,10-11H2,1-3H3,(H,23,24)(H,25,26)/p-1. The van der Waals surface area contributed by atoms with Gasteiger partial charge in [-0.3, -0.25) is 4.79 Å². The number of carbonyl (C=O) groups excluding carboxylic acids is 2. The van der Waals surface area contributed by atoms with Gasteiger partial charge in [0.2, 0.25) is 5.91 Å². The zero-order valence-corrected chi connectivity index (χ0v) is 17.4. The van der Waals surface area contributed by atoms with Gasteiger partial charge >= 0.3 is 5.63 Å². The normalized spacial score (nSPS) is 18.8. The van der Waals surface area contributed by atoms with Crippen molar-refractivity contribution in [3.8, 4) is 11.5 Å². The first-order valence-corrected chi connectivity index (χ1v) is 9.99. The minimum atomic E-state index is -0.996. The Balaban J connectivity index is 1.72. The highest BCUT2D eigenvalue weighted by Gasteiger charge is 2.23. The lowest BCUT2D eigenvalue weighted by atomic mass is 9.82. The molecule has 30 heavy (non-hydrogen) atoms. The molecule has 0 atom stereocenters. The molecule has 0 bridgehead atoms. The van der Waals surface area contributed by atoms with Gasteiger partial charge in [-0.2, -0.15) is 0 Å². The summed E-state index contributed by atoms with van der Waals surface area (Å²) < 4.78 is 16.1. The summed E-state index contributed by atoms with van der Waals surface area (Å²) in [5, 5.41) is 14.4. The Morgan fingerprint density at radius 1 is 1.17 bits per heavy atom. The summed E-state index contributed by atoms with van der Waals surface area (Å²) in [5.41, 5.74) is 0.678. The van der Waals surface area contributed by atoms with Crippen molar-refractivity contribution in [3.63, 3.8) is 0 Å². The van der Waals surface area contributed by atoms with Crippen LogP contribution in [0.25, 0.3) is 11.0 Å². The summed E-state index contributed by atoms with van der Waals surface area (Å²) in [6.45, 7) is 2.22. The Bertz CT molecular complexity index is 1000. The number of fused-ring (bicyclic) bond motifs is 1. The number of carboxylic acids is 1. The smallest absolute Gasteiger partial charge is 0.340 e. The van der Waals surface area contributed by atoms with E-state index in [9.17, 15) is 19.5 Å². The number of ether oxygens (including phenoxy) is 2. The summed E-state index contributed by atoms with van der Waals surface area (Å²) in [6.07, 6.45) is 2.50. The van der Waals surface area contributed by atoms with Crippen LogP contribution in [0, 0.1) is 18.8 Å². The second-order valence-electron chi connectivity index (χ2n) is 7.71. The number of methoxy groups -OCH3 is 2. The number of benzene rings is 1. The average molecular weight is 416 g/mol. The Morgan fingerprint density at radius 3 is 2.47 bits per heavy atom. The van der Waals surface area contributed by atoms with Gasteiger partial charge in [-0.05, 0) is 50.0 Å². The Hall–Kier alpha value is -3.03. The number of carbonyl (C=O) groups is 2. The van der Waals surface area contributed by atoms with E-state index in [1.165, 1.54) is 14.2 Å². The van der Waals surface area contributed by atoms with Crippen molar-refractivity contribution in [1.82, 2.24) is 5.32 Å². The summed E-state index contributed by atoms with van der Waals surface area (Å²) >= 11 is 0. The van der Waals surface area contributed by atoms with Gasteiger partial charge in [0.15, 0.2) is 0 Å². The van der Waals surface area contributed by atoms with Crippen LogP contribution in [0.3, 0.4) is 0 Å². The van der Waals surface area contributed by atoms with Crippen molar-refractivity contribution in [1.29, 1.82) is 0 Å². The molecule has 1 N–H and O–H groups in total. The van der Waals surface area contributed by atoms with Crippen LogP contribution < -0.4 is 25.5 Å². The predicted molar refractivity (Wildman–Crippen MR) is 107 cm³/mol. The molecule has 1 saturated carbocycles. The second-order valence-corrected chi connectivity index (χ2v) is 7.71. The van der Waals surface area contributed by atoms with E-state index in [2.05, 4.69) is 5.32 Å². The third kappa shape index (κ3) is 4.58. The molecule has 0 spiro atoms. The van der Waals surface area contributed by atoms with Gasteiger partial charge in [-0.15, -0.1) is 0 Å². The lowest BCUT2D eigenvalue weighted by molar-refractivity contribution is -0.312. The van der Waals surface area contributed by atoms with Crippen molar-refractivity contribution >= 4 is 22.8 Å². The molecular formula is C22H26NO7-. The van der Waals surface area contributed by atoms with Crippen LogP contribution in [0.4, 0.5) is 0 Å². The Kier molecular flexibility index (Phi) is 6.64. The quantitative estimate of drug-likeness (QED) is 0.677. The molecule has 1 aromatic carbocycles. The number of nitrogens with one attached hydrogen (secondary N) is 1. The predicted octanol–water partition coefficient (Wildman–Crippen LogP) is 1.33. The van der Waals surface area contributed by atoms with E-state index in [4.69, 9.17) is 13.9 Å². The average Bonchev–Trinajstić information content (AvgIpc) is 2.74. The molecule has 0 unspecified atom stereocenters. The zero-order chi connectivity index (χ0) is 21.8. The molecule has 1 heterocycles. The first-order valence-electron chi connectivity index (χ1n) is 9.99. The van der Waals surface area contributed by atoms with Gasteiger partial charge in [0.05, 0.1) is 31.6 Å². The summed E-state index contributed by atoms with van der Waals surface area (Å²) in [6, 6.07) is 3.31. The molecule has 3 rings (SSSR count). The van der Waals surface area contributed by atoms with E-state index in [0.29, 0.717) is 47.4 Å². The van der Waals surface area contributed by atoms with Crippen LogP contribution in [0.15, 0.2) is 21.3 Å². The monoisotopic (exact) mass is 416 g/mol. The Labute approximate surface area is 174 Å². The Morgan fingerprint density at radius 2 is 1.87 bits per heavy atom. The molecule has 1 aliphatic carbocycles. The lowest BCUT2D eigenvalue weighted by Gasteiger charge is -2.29. The topological polar surface area (TPSA) is 118 Å². The summed E-state index contributed by atoms with van der Waals surface area (Å²) in [4.78, 5) is 35.9. The van der Waals surface area contributed by atoms with E-state index < -0.39 is 17.5 Å². The molecule has 0 saturated heterocycles. The van der Waals surface area contributed by atoms with Gasteiger partial charge in [-0.1, -0.05) is 0 Å². The molecule has 1 aromatic heterocycles. The number of hydrogen-bond acceptors (Lipinski definition) is 7. The zero-order valence-electron chi connectivity index (χ0n) is 17.4. The van der Waals surface area contributed by atoms with Crippen molar-refractivity contribution in [2.75, 3.05) is 20.8 Å². The minimum Gasteiger partial charge on any atom is -0.550 e. The SMILES string of the molecule is COc1cc(OC)c2c(C)c(CC(=O)NCC3CCC(C(=O)[O-])CC3)c(=O)oc2c1. The number of hydrogen-bond donors (Lipinski definition) is 1. The number of rotatable bonds is 7. The number of aryl methyl sites for hydroxylation is 1. The van der Waals surface area contributed by atoms with E-state index in [1.807, 2.05) is 0 Å². The fourth-order valence-corrected chi connectivity index (χ4v) is 4.05. The highest BCUT2D eigenvalue weighted by molar-refractivity contribution is 5.90. The molecule has 8 heteroatoms. The second kappa shape index (κ2) is 9.19. The molecular weight excluding hydrogens is 390 g/mol. The van der Waals surface area contributed by atoms with E-state index in [-0.39, 0.29) is 23.8 Å². The van der Waals surface area contributed by atoms with Gasteiger partial charge in [-0.25, -0.2) is 4.79 Å². The number of amides is 1. The van der Waals surface area contributed by atoms with Crippen LogP contribution >= 0.6 is 0 Å². The fraction of sp³-hybridized carbons (Fsp3) is 0.500. The number of aliphatic carboxylic acids is 1. The van der Waals surface area contributed by atoms with Crippen LogP contribution in [-0.4, -0.2) is 32.6 Å². The molecule has 1 fully saturated rings. The van der Waals surface area contributed by atoms with Crippen LogP contribution in [-0.2, 0) is 16.0 Å². The van der Waals surface area contributed by atoms with E-state index >= 15 is 0 Å². The first kappa shape index (κ1) is 21.7. The third-order valence-corrected chi connectivity index (χ3v) is 5.88. The molecule has 0 aliphatic heterocycles. The first-order chi connectivity index (χ1) is 14.3. The van der Waals surface area contributed by atoms with E-state index in [0.717, 1.165) is 12.8 Å². The molecule has 8 nitrogen and oxygen atoms in total. The molecule has 2 aromatic rings. The lowest BCUT2D eigenvalue weighted by Crippen LogP contribution is -2.37. The van der Waals surface area contributed by atoms with Crippen molar-refractivity contribution in [2.45, 2.75) is 39.0 Å². The van der Waals surface area contributed by atoms with Crippen LogP contribution in [0.2, 0.25) is 0 Å². The maximum Gasteiger partial charge on any atom is 0.340 e. The maximum atomic E-state index is 12.5. The van der Waals surface area contributed by atoms with Crippen molar-refractivity contribution in [2.24, 2.45) is 11.8 Å². The third-order valence-electron chi connectivity index (χ3n) is 5.88. The van der Waals surface area contributed by atoms with Gasteiger partial charge in [0.1, 0.15) is 17.1 Å². The largest absolute Gasteiger partial charge is 0.550 e. The van der Waals surface area contributed by atoms with Gasteiger partial charge in [0, 0.05) is 24.6 Å². The highest BCUT2D eigenvalue weighted by Crippen LogP contribution is 2.34. The van der Waals surface area contributed by atoms with Gasteiger partial charge in [0.25, 0.3) is 0 Å². The summed E-state index contributed by atoms with van der Waals surface area (Å²) in [5.74, 6) is -0.442. The van der Waals surface area contributed by atoms with Crippen molar-refractivity contribution in [3.05, 3.63) is 33.7 Å². The molecule has 1 aliphatic rings. The maximum absolute atomic E-state index is 12.5. The molecule has 162 valence electrons. The van der Waals surface area contributed by atoms with Crippen LogP contribution in [0.5, 0.6) is 11.5 Å². The van der Waals surface area contributed by atoms with Crippen molar-refractivity contribution < 1.29 is 28.6 Å². The fourth-order valence-electron chi connectivity index (χ4n) is 4.05. The van der Waals surface area contributed by atoms with Gasteiger partial charge < -0.3 is 29.1 Å². The van der Waals surface area contributed by atoms with E-state index in [1.54, 1.807) is 19.1 Å². The highest BCUT2D eigenvalue weighted by atomic mass is 16.5. The minimum absolute atomic E-state index is 0.103. The van der Waals surface area contributed by atoms with Crippen LogP contribution in [0.1, 0.15) is 36.8 Å². The molecule has 0 radical (unpaired) electrons. The number of carboxylic acid groups (broad SMARTS) is 1. The summed E-state index contributed by atoms with van der Waals surface area (Å²) in [7, 11) is 3.02.